The lowest BCUT2D eigenvalue weighted by Gasteiger charge is -2.29. The summed E-state index contributed by atoms with van der Waals surface area (Å²) < 4.78 is 11.2. The summed E-state index contributed by atoms with van der Waals surface area (Å²) in [5.41, 5.74) is 3.14. The normalized spacial score (nSPS) is 15.6. The first-order valence-corrected chi connectivity index (χ1v) is 12.1. The molecular formula is C28H33N3O3. The van der Waals surface area contributed by atoms with E-state index in [1.54, 1.807) is 11.2 Å². The number of furan rings is 1. The van der Waals surface area contributed by atoms with Gasteiger partial charge in [-0.15, -0.1) is 0 Å². The molecule has 0 bridgehead atoms. The first-order chi connectivity index (χ1) is 16.7. The van der Waals surface area contributed by atoms with E-state index in [1.807, 2.05) is 61.5 Å². The van der Waals surface area contributed by atoms with Gasteiger partial charge in [-0.2, -0.15) is 0 Å². The molecule has 2 heterocycles. The van der Waals surface area contributed by atoms with Crippen LogP contribution in [-0.4, -0.2) is 42.6 Å². The topological polar surface area (TPSA) is 58.3 Å². The second-order valence-electron chi connectivity index (χ2n) is 8.38. The zero-order valence-electron chi connectivity index (χ0n) is 20.0. The van der Waals surface area contributed by atoms with Gasteiger partial charge in [0.15, 0.2) is 0 Å². The number of carbonyl (C=O) groups excluding carboxylic acids is 1. The number of anilines is 1. The zero-order valence-corrected chi connectivity index (χ0v) is 20.0. The van der Waals surface area contributed by atoms with Gasteiger partial charge in [0, 0.05) is 26.2 Å². The van der Waals surface area contributed by atoms with E-state index in [2.05, 4.69) is 24.0 Å². The van der Waals surface area contributed by atoms with Crippen LogP contribution in [0.3, 0.4) is 0 Å². The standard InChI is InChI=1S/C28H33N3O3/c1-3-22-13-8-14-24(19-22)31-27(32)26(20-23-11-6-5-7-12-23)29-28(31)30(16-10-17-33-4-2)21-25-15-9-18-34-25/h5-9,11-15,18-19,26H,3-4,10,16-17,20-21H2,1-2H3. The average molecular weight is 460 g/mol. The number of amides is 1. The van der Waals surface area contributed by atoms with Gasteiger partial charge >= 0.3 is 0 Å². The Balaban J connectivity index is 1.68. The first kappa shape index (κ1) is 23.8. The molecule has 4 rings (SSSR count). The number of guanidine groups is 1. The van der Waals surface area contributed by atoms with Gasteiger partial charge < -0.3 is 14.1 Å². The highest BCUT2D eigenvalue weighted by atomic mass is 16.5. The Morgan fingerprint density at radius 1 is 1.03 bits per heavy atom. The molecule has 1 aliphatic rings. The molecule has 0 spiro atoms. The Hall–Kier alpha value is -3.38. The third kappa shape index (κ3) is 5.75. The van der Waals surface area contributed by atoms with Gasteiger partial charge in [-0.1, -0.05) is 49.4 Å². The van der Waals surface area contributed by atoms with E-state index in [-0.39, 0.29) is 5.91 Å². The van der Waals surface area contributed by atoms with Crippen molar-refractivity contribution in [1.82, 2.24) is 4.90 Å². The molecule has 0 fully saturated rings. The van der Waals surface area contributed by atoms with Gasteiger partial charge in [0.25, 0.3) is 5.91 Å². The largest absolute Gasteiger partial charge is 0.467 e. The van der Waals surface area contributed by atoms with Crippen molar-refractivity contribution in [3.05, 3.63) is 89.9 Å². The monoisotopic (exact) mass is 459 g/mol. The predicted molar refractivity (Wildman–Crippen MR) is 135 cm³/mol. The van der Waals surface area contributed by atoms with Crippen LogP contribution in [0.5, 0.6) is 0 Å². The lowest BCUT2D eigenvalue weighted by molar-refractivity contribution is -0.118. The van der Waals surface area contributed by atoms with Crippen molar-refractivity contribution in [3.63, 3.8) is 0 Å². The van der Waals surface area contributed by atoms with Crippen LogP contribution in [0, 0.1) is 0 Å². The summed E-state index contributed by atoms with van der Waals surface area (Å²) >= 11 is 0. The van der Waals surface area contributed by atoms with Crippen molar-refractivity contribution in [2.24, 2.45) is 4.99 Å². The van der Waals surface area contributed by atoms with Gasteiger partial charge in [0.05, 0.1) is 18.5 Å². The minimum atomic E-state index is -0.464. The zero-order chi connectivity index (χ0) is 23.8. The predicted octanol–water partition coefficient (Wildman–Crippen LogP) is 5.08. The molecule has 1 atom stereocenters. The number of ether oxygens (including phenoxy) is 1. The molecule has 0 saturated heterocycles. The average Bonchev–Trinajstić information content (AvgIpc) is 3.49. The third-order valence-corrected chi connectivity index (χ3v) is 5.96. The summed E-state index contributed by atoms with van der Waals surface area (Å²) in [6.07, 6.45) is 3.98. The highest BCUT2D eigenvalue weighted by Crippen LogP contribution is 2.27. The van der Waals surface area contributed by atoms with Crippen molar-refractivity contribution >= 4 is 17.6 Å². The summed E-state index contributed by atoms with van der Waals surface area (Å²) in [5, 5.41) is 0. The number of nitrogens with zero attached hydrogens (tertiary/aromatic N) is 3. The lowest BCUT2D eigenvalue weighted by atomic mass is 10.1. The SMILES string of the molecule is CCOCCCN(Cc1ccco1)C1=NC(Cc2ccccc2)C(=O)N1c1cccc(CC)c1. The molecule has 178 valence electrons. The molecule has 1 aromatic heterocycles. The molecule has 0 N–H and O–H groups in total. The molecule has 1 unspecified atom stereocenters. The first-order valence-electron chi connectivity index (χ1n) is 12.1. The molecule has 1 aliphatic heterocycles. The number of aryl methyl sites for hydroxylation is 1. The second kappa shape index (κ2) is 11.7. The highest BCUT2D eigenvalue weighted by Gasteiger charge is 2.38. The fraction of sp³-hybridized carbons (Fsp3) is 0.357. The fourth-order valence-electron chi connectivity index (χ4n) is 4.19. The van der Waals surface area contributed by atoms with E-state index in [0.717, 1.165) is 29.9 Å². The third-order valence-electron chi connectivity index (χ3n) is 5.96. The maximum atomic E-state index is 13.7. The maximum absolute atomic E-state index is 13.7. The van der Waals surface area contributed by atoms with E-state index in [0.29, 0.717) is 38.7 Å². The molecule has 6 heteroatoms. The molecular weight excluding hydrogens is 426 g/mol. The van der Waals surface area contributed by atoms with Crippen molar-refractivity contribution < 1.29 is 13.9 Å². The molecule has 6 nitrogen and oxygen atoms in total. The highest BCUT2D eigenvalue weighted by molar-refractivity contribution is 6.22. The van der Waals surface area contributed by atoms with Crippen molar-refractivity contribution in [1.29, 1.82) is 0 Å². The quantitative estimate of drug-likeness (QED) is 0.375. The van der Waals surface area contributed by atoms with E-state index in [4.69, 9.17) is 14.1 Å². The Kier molecular flexibility index (Phi) is 8.15. The molecule has 0 radical (unpaired) electrons. The summed E-state index contributed by atoms with van der Waals surface area (Å²) in [6.45, 7) is 6.70. The maximum Gasteiger partial charge on any atom is 0.259 e. The van der Waals surface area contributed by atoms with Crippen LogP contribution in [-0.2, 0) is 28.9 Å². The molecule has 34 heavy (non-hydrogen) atoms. The molecule has 2 aromatic carbocycles. The summed E-state index contributed by atoms with van der Waals surface area (Å²) in [6, 6.07) is 21.6. The Bertz CT molecular complexity index is 1080. The van der Waals surface area contributed by atoms with Crippen LogP contribution in [0.15, 0.2) is 82.4 Å². The second-order valence-corrected chi connectivity index (χ2v) is 8.38. The Labute approximate surface area is 201 Å². The number of hydrogen-bond acceptors (Lipinski definition) is 5. The van der Waals surface area contributed by atoms with Crippen LogP contribution < -0.4 is 4.90 Å². The lowest BCUT2D eigenvalue weighted by Crippen LogP contribution is -2.45. The number of rotatable bonds is 11. The van der Waals surface area contributed by atoms with Crippen molar-refractivity contribution in [2.45, 2.75) is 45.7 Å². The number of carbonyl (C=O) groups is 1. The molecule has 1 amide bonds. The number of benzene rings is 2. The van der Waals surface area contributed by atoms with E-state index in [9.17, 15) is 4.79 Å². The van der Waals surface area contributed by atoms with Gasteiger partial charge in [-0.05, 0) is 55.2 Å². The Morgan fingerprint density at radius 3 is 2.59 bits per heavy atom. The minimum Gasteiger partial charge on any atom is -0.467 e. The van der Waals surface area contributed by atoms with Crippen LogP contribution in [0.2, 0.25) is 0 Å². The van der Waals surface area contributed by atoms with Crippen LogP contribution >= 0.6 is 0 Å². The van der Waals surface area contributed by atoms with E-state index >= 15 is 0 Å². The van der Waals surface area contributed by atoms with E-state index < -0.39 is 6.04 Å². The van der Waals surface area contributed by atoms with Crippen molar-refractivity contribution in [3.8, 4) is 0 Å². The van der Waals surface area contributed by atoms with Crippen LogP contribution in [0.25, 0.3) is 0 Å². The van der Waals surface area contributed by atoms with E-state index in [1.165, 1.54) is 5.56 Å². The summed E-state index contributed by atoms with van der Waals surface area (Å²) in [5.74, 6) is 1.51. The van der Waals surface area contributed by atoms with Gasteiger partial charge in [-0.25, -0.2) is 9.89 Å². The summed E-state index contributed by atoms with van der Waals surface area (Å²) in [7, 11) is 0. The fourth-order valence-corrected chi connectivity index (χ4v) is 4.19. The molecule has 0 saturated carbocycles. The van der Waals surface area contributed by atoms with Gasteiger partial charge in [0.1, 0.15) is 11.8 Å². The number of hydrogen-bond donors (Lipinski definition) is 0. The van der Waals surface area contributed by atoms with Crippen LogP contribution in [0.4, 0.5) is 5.69 Å². The minimum absolute atomic E-state index is 0.00126. The van der Waals surface area contributed by atoms with Crippen molar-refractivity contribution in [2.75, 3.05) is 24.7 Å². The summed E-state index contributed by atoms with van der Waals surface area (Å²) in [4.78, 5) is 22.7. The Morgan fingerprint density at radius 2 is 1.85 bits per heavy atom. The number of aliphatic imine (C=N–C) groups is 1. The molecule has 3 aromatic rings. The molecule has 0 aliphatic carbocycles. The smallest absolute Gasteiger partial charge is 0.259 e. The van der Waals surface area contributed by atoms with Gasteiger partial charge in [0.2, 0.25) is 5.96 Å². The van der Waals surface area contributed by atoms with Crippen LogP contribution in [0.1, 0.15) is 37.2 Å². The van der Waals surface area contributed by atoms with Gasteiger partial charge in [-0.3, -0.25) is 4.79 Å².